The van der Waals surface area contributed by atoms with Crippen LogP contribution in [0.5, 0.6) is 5.75 Å². The number of amides is 1. The average Bonchev–Trinajstić information content (AvgIpc) is 3.12. The molecule has 2 heterocycles. The van der Waals surface area contributed by atoms with E-state index in [0.29, 0.717) is 28.4 Å². The first kappa shape index (κ1) is 37.0. The third-order valence-electron chi connectivity index (χ3n) is 11.0. The molecule has 3 aromatic rings. The van der Waals surface area contributed by atoms with Crippen molar-refractivity contribution in [3.05, 3.63) is 95.3 Å². The van der Waals surface area contributed by atoms with Gasteiger partial charge in [-0.05, 0) is 81.5 Å². The molecule has 0 radical (unpaired) electrons. The summed E-state index contributed by atoms with van der Waals surface area (Å²) in [6, 6.07) is 17.7. The van der Waals surface area contributed by atoms with E-state index in [9.17, 15) is 19.2 Å². The van der Waals surface area contributed by atoms with Crippen LogP contribution in [0.2, 0.25) is 0 Å². The van der Waals surface area contributed by atoms with E-state index in [0.717, 1.165) is 50.6 Å². The number of benzene rings is 2. The first-order valence-corrected chi connectivity index (χ1v) is 18.3. The standard InChI is InChI=1S/C41H49N3O8/c1-27(50-38(47)34(22-28-12-7-6-8-13-28)43-39(48)52-40(2,3)4)36(45)51-31-17-16-29-23-35-32-15-9-10-18-41(32,33(29)24-31)19-21-44(35,5)26-49-37(46)30-14-11-20-42-25-30/h6-8,11-14,16-17,20,24-25,27,32,34-35H,9-10,15,18-19,21-23,26H2,1-5H3/p+1/t27?,32-,34?,35+,41+,44?/m1/s1. The van der Waals surface area contributed by atoms with Crippen molar-refractivity contribution in [3.8, 4) is 5.75 Å². The van der Waals surface area contributed by atoms with E-state index in [4.69, 9.17) is 18.9 Å². The number of ether oxygens (including phenoxy) is 4. The van der Waals surface area contributed by atoms with Gasteiger partial charge in [0, 0.05) is 43.0 Å². The van der Waals surface area contributed by atoms with Crippen molar-refractivity contribution in [2.24, 2.45) is 5.92 Å². The number of nitrogens with one attached hydrogen (secondary N) is 1. The van der Waals surface area contributed by atoms with Crippen molar-refractivity contribution in [1.82, 2.24) is 10.3 Å². The van der Waals surface area contributed by atoms with Crippen molar-refractivity contribution in [2.45, 2.75) is 102 Å². The van der Waals surface area contributed by atoms with Gasteiger partial charge in [-0.2, -0.15) is 0 Å². The lowest BCUT2D eigenvalue weighted by atomic mass is 9.52. The number of aromatic nitrogens is 1. The van der Waals surface area contributed by atoms with Crippen LogP contribution in [-0.4, -0.2) is 77.6 Å². The Labute approximate surface area is 305 Å². The van der Waals surface area contributed by atoms with Gasteiger partial charge in [0.25, 0.3) is 0 Å². The van der Waals surface area contributed by atoms with Crippen LogP contribution in [0.1, 0.15) is 86.8 Å². The fraction of sp³-hybridized carbons (Fsp3) is 0.488. The number of rotatable bonds is 10. The van der Waals surface area contributed by atoms with Crippen LogP contribution in [0.15, 0.2) is 73.1 Å². The topological polar surface area (TPSA) is 130 Å². The summed E-state index contributed by atoms with van der Waals surface area (Å²) in [5.74, 6) is -1.03. The van der Waals surface area contributed by atoms with Gasteiger partial charge in [-0.25, -0.2) is 19.2 Å². The number of hydrogen-bond donors (Lipinski definition) is 1. The Morgan fingerprint density at radius 2 is 1.79 bits per heavy atom. The van der Waals surface area contributed by atoms with E-state index in [-0.39, 0.29) is 23.8 Å². The van der Waals surface area contributed by atoms with Gasteiger partial charge in [0.15, 0.2) is 6.10 Å². The summed E-state index contributed by atoms with van der Waals surface area (Å²) in [5.41, 5.74) is 2.89. The number of hydrogen-bond acceptors (Lipinski definition) is 9. The molecule has 2 aromatic carbocycles. The van der Waals surface area contributed by atoms with Crippen LogP contribution in [0.3, 0.4) is 0 Å². The molecule has 1 saturated heterocycles. The van der Waals surface area contributed by atoms with Crippen molar-refractivity contribution in [2.75, 3.05) is 20.3 Å². The van der Waals surface area contributed by atoms with Gasteiger partial charge >= 0.3 is 24.0 Å². The molecule has 3 aliphatic rings. The smallest absolute Gasteiger partial charge is 0.408 e. The second-order valence-electron chi connectivity index (χ2n) is 15.7. The minimum Gasteiger partial charge on any atom is -0.449 e. The molecule has 1 aromatic heterocycles. The molecule has 11 nitrogen and oxygen atoms in total. The lowest BCUT2D eigenvalue weighted by molar-refractivity contribution is -0.959. The second kappa shape index (κ2) is 15.1. The molecule has 0 spiro atoms. The number of nitrogens with zero attached hydrogens (tertiary/aromatic N) is 2. The molecule has 2 aliphatic carbocycles. The predicted molar refractivity (Wildman–Crippen MR) is 192 cm³/mol. The molecule has 6 atom stereocenters. The summed E-state index contributed by atoms with van der Waals surface area (Å²) >= 11 is 0. The zero-order valence-corrected chi connectivity index (χ0v) is 30.8. The van der Waals surface area contributed by atoms with E-state index >= 15 is 0 Å². The van der Waals surface area contributed by atoms with Crippen molar-refractivity contribution >= 4 is 24.0 Å². The highest BCUT2D eigenvalue weighted by Gasteiger charge is 2.59. The number of likely N-dealkylation sites (tertiary alicyclic amines) is 1. The lowest BCUT2D eigenvalue weighted by Gasteiger charge is -2.60. The van der Waals surface area contributed by atoms with Crippen molar-refractivity contribution < 1.29 is 42.6 Å². The highest BCUT2D eigenvalue weighted by Crippen LogP contribution is 2.57. The first-order chi connectivity index (χ1) is 24.8. The number of quaternary nitrogens is 1. The summed E-state index contributed by atoms with van der Waals surface area (Å²) in [7, 11) is 2.21. The second-order valence-corrected chi connectivity index (χ2v) is 15.7. The van der Waals surface area contributed by atoms with Crippen molar-refractivity contribution in [1.29, 1.82) is 0 Å². The maximum absolute atomic E-state index is 13.4. The fourth-order valence-electron chi connectivity index (χ4n) is 8.44. The predicted octanol–water partition coefficient (Wildman–Crippen LogP) is 6.07. The van der Waals surface area contributed by atoms with Gasteiger partial charge < -0.3 is 24.3 Å². The molecule has 2 bridgehead atoms. The van der Waals surface area contributed by atoms with Gasteiger partial charge in [-0.15, -0.1) is 0 Å². The fourth-order valence-corrected chi connectivity index (χ4v) is 8.44. The van der Waals surface area contributed by atoms with Gasteiger partial charge in [-0.1, -0.05) is 49.2 Å². The van der Waals surface area contributed by atoms with Gasteiger partial charge in [-0.3, -0.25) is 9.47 Å². The molecule has 52 heavy (non-hydrogen) atoms. The zero-order chi connectivity index (χ0) is 37.1. The maximum Gasteiger partial charge on any atom is 0.408 e. The molecule has 1 aliphatic heterocycles. The number of piperidine rings is 1. The van der Waals surface area contributed by atoms with Crippen LogP contribution in [0, 0.1) is 5.92 Å². The molecule has 6 rings (SSSR count). The summed E-state index contributed by atoms with van der Waals surface area (Å²) in [5, 5.41) is 2.61. The molecule has 276 valence electrons. The summed E-state index contributed by atoms with van der Waals surface area (Å²) in [6.07, 6.45) is 7.52. The number of carbonyl (C=O) groups is 4. The summed E-state index contributed by atoms with van der Waals surface area (Å²) < 4.78 is 23.4. The normalized spacial score (nSPS) is 24.6. The Kier molecular flexibility index (Phi) is 10.7. The zero-order valence-electron chi connectivity index (χ0n) is 30.8. The third kappa shape index (κ3) is 8.14. The molecular formula is C41H50N3O8+. The minimum absolute atomic E-state index is 0.0554. The summed E-state index contributed by atoms with van der Waals surface area (Å²) in [6.45, 7) is 7.82. The number of likely N-dealkylation sites (N-methyl/N-ethyl adjacent to an activating group) is 1. The first-order valence-electron chi connectivity index (χ1n) is 18.3. The lowest BCUT2D eigenvalue weighted by Crippen LogP contribution is -2.69. The molecular weight excluding hydrogens is 662 g/mol. The molecule has 11 heteroatoms. The molecule has 1 saturated carbocycles. The number of fused-ring (bicyclic) bond motifs is 1. The van der Waals surface area contributed by atoms with Crippen LogP contribution in [0.25, 0.3) is 0 Å². The van der Waals surface area contributed by atoms with E-state index < -0.39 is 35.8 Å². The van der Waals surface area contributed by atoms with E-state index in [2.05, 4.69) is 17.3 Å². The number of alkyl carbamates (subject to hydrolysis) is 1. The van der Waals surface area contributed by atoms with E-state index in [1.165, 1.54) is 24.2 Å². The maximum atomic E-state index is 13.4. The molecule has 1 amide bonds. The van der Waals surface area contributed by atoms with Crippen molar-refractivity contribution in [3.63, 3.8) is 0 Å². The highest BCUT2D eigenvalue weighted by molar-refractivity contribution is 5.89. The highest BCUT2D eigenvalue weighted by atomic mass is 16.6. The van der Waals surface area contributed by atoms with E-state index in [1.807, 2.05) is 42.5 Å². The Hall–Kier alpha value is -4.77. The largest absolute Gasteiger partial charge is 0.449 e. The number of carbonyl (C=O) groups excluding carboxylic acids is 4. The monoisotopic (exact) mass is 712 g/mol. The molecule has 1 N–H and O–H groups in total. The Morgan fingerprint density at radius 3 is 2.52 bits per heavy atom. The number of pyridine rings is 1. The minimum atomic E-state index is -1.23. The van der Waals surface area contributed by atoms with Gasteiger partial charge in [0.2, 0.25) is 6.73 Å². The summed E-state index contributed by atoms with van der Waals surface area (Å²) in [4.78, 5) is 56.2. The Morgan fingerprint density at radius 1 is 1.00 bits per heavy atom. The SMILES string of the molecule is CC(OC(=O)C(Cc1ccccc1)NC(=O)OC(C)(C)C)C(=O)Oc1ccc2c(c1)[C@]13CCCC[C@@H]1[C@H](C2)[N+](C)(COC(=O)c1cccnc1)CC3. The van der Waals surface area contributed by atoms with Crippen LogP contribution in [0.4, 0.5) is 4.79 Å². The van der Waals surface area contributed by atoms with Gasteiger partial charge in [0.1, 0.15) is 17.4 Å². The third-order valence-corrected chi connectivity index (χ3v) is 11.0. The van der Waals surface area contributed by atoms with Crippen LogP contribution >= 0.6 is 0 Å². The number of esters is 3. The quantitative estimate of drug-likeness (QED) is 0.115. The average molecular weight is 713 g/mol. The molecule has 3 unspecified atom stereocenters. The Balaban J connectivity index is 1.14. The van der Waals surface area contributed by atoms with Crippen LogP contribution in [-0.2, 0) is 42.1 Å². The van der Waals surface area contributed by atoms with Gasteiger partial charge in [0.05, 0.1) is 25.2 Å². The van der Waals surface area contributed by atoms with E-state index in [1.54, 1.807) is 45.2 Å². The Bertz CT molecular complexity index is 1780. The van der Waals surface area contributed by atoms with Crippen LogP contribution < -0.4 is 10.1 Å². The molecule has 2 fully saturated rings.